The van der Waals surface area contributed by atoms with Gasteiger partial charge >= 0.3 is 0 Å². The first kappa shape index (κ1) is 15.4. The molecule has 0 aromatic carbocycles. The van der Waals surface area contributed by atoms with Gasteiger partial charge in [0.2, 0.25) is 10.0 Å². The van der Waals surface area contributed by atoms with E-state index in [4.69, 9.17) is 11.6 Å². The molecule has 17 heavy (non-hydrogen) atoms. The molecule has 1 atom stereocenters. The van der Waals surface area contributed by atoms with Gasteiger partial charge in [-0.3, -0.25) is 0 Å². The van der Waals surface area contributed by atoms with Crippen LogP contribution in [0.4, 0.5) is 0 Å². The number of halogens is 2. The lowest BCUT2D eigenvalue weighted by atomic mass is 10.3. The predicted molar refractivity (Wildman–Crippen MR) is 75.4 cm³/mol. The standard InChI is InChI=1S/C9H14BrClN2O2S2/c1-6(13(2)3)5-12-17(14,15)8-4-7(11)9(10)16-8/h4,6,12H,5H2,1-3H3. The van der Waals surface area contributed by atoms with Crippen LogP contribution in [0.5, 0.6) is 0 Å². The maximum atomic E-state index is 11.9. The zero-order chi connectivity index (χ0) is 13.2. The summed E-state index contributed by atoms with van der Waals surface area (Å²) in [4.78, 5) is 1.94. The van der Waals surface area contributed by atoms with Gasteiger partial charge in [0, 0.05) is 12.6 Å². The van der Waals surface area contributed by atoms with E-state index in [1.54, 1.807) is 0 Å². The second kappa shape index (κ2) is 5.99. The molecule has 0 amide bonds. The van der Waals surface area contributed by atoms with Crippen molar-refractivity contribution in [3.8, 4) is 0 Å². The first-order valence-electron chi connectivity index (χ1n) is 4.85. The molecule has 1 rings (SSSR count). The molecule has 0 spiro atoms. The molecule has 0 saturated heterocycles. The van der Waals surface area contributed by atoms with Crippen molar-refractivity contribution in [3.63, 3.8) is 0 Å². The SMILES string of the molecule is CC(CNS(=O)(=O)c1cc(Cl)c(Br)s1)N(C)C. The monoisotopic (exact) mass is 360 g/mol. The van der Waals surface area contributed by atoms with E-state index in [0.29, 0.717) is 15.4 Å². The van der Waals surface area contributed by atoms with Crippen LogP contribution in [0.2, 0.25) is 5.02 Å². The van der Waals surface area contributed by atoms with Crippen molar-refractivity contribution in [3.05, 3.63) is 14.9 Å². The summed E-state index contributed by atoms with van der Waals surface area (Å²) in [5.41, 5.74) is 0. The summed E-state index contributed by atoms with van der Waals surface area (Å²) in [6.07, 6.45) is 0. The molecule has 98 valence electrons. The first-order valence-corrected chi connectivity index (χ1v) is 8.32. The fraction of sp³-hybridized carbons (Fsp3) is 0.556. The Hall–Kier alpha value is 0.340. The van der Waals surface area contributed by atoms with Gasteiger partial charge in [-0.2, -0.15) is 0 Å². The smallest absolute Gasteiger partial charge is 0.250 e. The lowest BCUT2D eigenvalue weighted by molar-refractivity contribution is 0.314. The molecule has 0 saturated carbocycles. The maximum Gasteiger partial charge on any atom is 0.250 e. The molecule has 0 aliphatic rings. The normalized spacial score (nSPS) is 14.2. The number of sulfonamides is 1. The maximum absolute atomic E-state index is 11.9. The topological polar surface area (TPSA) is 49.4 Å². The highest BCUT2D eigenvalue weighted by atomic mass is 79.9. The summed E-state index contributed by atoms with van der Waals surface area (Å²) >= 11 is 10.1. The number of thiophene rings is 1. The van der Waals surface area contributed by atoms with Crippen molar-refractivity contribution in [2.75, 3.05) is 20.6 Å². The summed E-state index contributed by atoms with van der Waals surface area (Å²) in [6.45, 7) is 2.31. The van der Waals surface area contributed by atoms with Crippen molar-refractivity contribution in [1.82, 2.24) is 9.62 Å². The van der Waals surface area contributed by atoms with Gasteiger partial charge in [0.15, 0.2) is 0 Å². The molecule has 0 radical (unpaired) electrons. The van der Waals surface area contributed by atoms with Crippen LogP contribution in [-0.2, 0) is 10.0 Å². The highest BCUT2D eigenvalue weighted by molar-refractivity contribution is 9.11. The summed E-state index contributed by atoms with van der Waals surface area (Å²) in [6, 6.07) is 1.57. The summed E-state index contributed by atoms with van der Waals surface area (Å²) in [7, 11) is 0.338. The number of likely N-dealkylation sites (N-methyl/N-ethyl adjacent to an activating group) is 1. The van der Waals surface area contributed by atoms with Crippen LogP contribution in [-0.4, -0.2) is 40.0 Å². The van der Waals surface area contributed by atoms with Crippen LogP contribution < -0.4 is 4.72 Å². The van der Waals surface area contributed by atoms with E-state index in [1.807, 2.05) is 25.9 Å². The number of hydrogen-bond acceptors (Lipinski definition) is 4. The minimum absolute atomic E-state index is 0.128. The molecule has 1 aromatic rings. The van der Waals surface area contributed by atoms with Crippen LogP contribution >= 0.6 is 38.9 Å². The quantitative estimate of drug-likeness (QED) is 0.876. The molecule has 0 aliphatic heterocycles. The van der Waals surface area contributed by atoms with E-state index >= 15 is 0 Å². The van der Waals surface area contributed by atoms with Crippen molar-refractivity contribution in [1.29, 1.82) is 0 Å². The van der Waals surface area contributed by atoms with E-state index in [9.17, 15) is 8.42 Å². The van der Waals surface area contributed by atoms with Crippen molar-refractivity contribution in [2.24, 2.45) is 0 Å². The average molecular weight is 362 g/mol. The Labute approximate surface area is 119 Å². The zero-order valence-electron chi connectivity index (χ0n) is 9.70. The number of nitrogens with one attached hydrogen (secondary N) is 1. The number of rotatable bonds is 5. The first-order chi connectivity index (χ1) is 7.74. The van der Waals surface area contributed by atoms with Crippen LogP contribution in [0.3, 0.4) is 0 Å². The molecule has 0 bridgehead atoms. The van der Waals surface area contributed by atoms with Crippen LogP contribution in [0.15, 0.2) is 14.1 Å². The van der Waals surface area contributed by atoms with Gasteiger partial charge in [0.25, 0.3) is 0 Å². The molecule has 4 nitrogen and oxygen atoms in total. The van der Waals surface area contributed by atoms with E-state index < -0.39 is 10.0 Å². The summed E-state index contributed by atoms with van der Waals surface area (Å²) in [5.74, 6) is 0. The molecule has 0 fully saturated rings. The van der Waals surface area contributed by atoms with Gasteiger partial charge in [-0.05, 0) is 43.0 Å². The Kier molecular flexibility index (Phi) is 5.42. The van der Waals surface area contributed by atoms with Crippen LogP contribution in [0, 0.1) is 0 Å². The fourth-order valence-corrected chi connectivity index (χ4v) is 4.51. The third-order valence-corrected chi connectivity index (χ3v) is 6.71. The van der Waals surface area contributed by atoms with E-state index in [0.717, 1.165) is 11.3 Å². The largest absolute Gasteiger partial charge is 0.305 e. The second-order valence-electron chi connectivity index (χ2n) is 3.85. The average Bonchev–Trinajstić information content (AvgIpc) is 2.56. The van der Waals surface area contributed by atoms with E-state index in [-0.39, 0.29) is 10.3 Å². The lowest BCUT2D eigenvalue weighted by Crippen LogP contribution is -2.37. The number of nitrogens with zero attached hydrogens (tertiary/aromatic N) is 1. The minimum atomic E-state index is -3.46. The Bertz CT molecular complexity index is 468. The van der Waals surface area contributed by atoms with Crippen LogP contribution in [0.25, 0.3) is 0 Å². The van der Waals surface area contributed by atoms with E-state index in [2.05, 4.69) is 20.7 Å². The lowest BCUT2D eigenvalue weighted by Gasteiger charge is -2.19. The van der Waals surface area contributed by atoms with Crippen molar-refractivity contribution >= 4 is 48.9 Å². The molecular formula is C9H14BrClN2O2S2. The van der Waals surface area contributed by atoms with Gasteiger partial charge in [-0.15, -0.1) is 11.3 Å². The summed E-state index contributed by atoms with van der Waals surface area (Å²) < 4.78 is 27.3. The Morgan fingerprint density at radius 3 is 2.59 bits per heavy atom. The second-order valence-corrected chi connectivity index (χ2v) is 8.62. The molecule has 1 N–H and O–H groups in total. The van der Waals surface area contributed by atoms with E-state index in [1.165, 1.54) is 6.07 Å². The Balaban J connectivity index is 2.76. The fourth-order valence-electron chi connectivity index (χ4n) is 0.943. The molecule has 8 heteroatoms. The van der Waals surface area contributed by atoms with Gasteiger partial charge in [0.05, 0.1) is 8.81 Å². The Morgan fingerprint density at radius 1 is 1.59 bits per heavy atom. The highest BCUT2D eigenvalue weighted by Crippen LogP contribution is 2.34. The minimum Gasteiger partial charge on any atom is -0.305 e. The van der Waals surface area contributed by atoms with Crippen molar-refractivity contribution in [2.45, 2.75) is 17.2 Å². The number of hydrogen-bond donors (Lipinski definition) is 1. The predicted octanol–water partition coefficient (Wildman–Crippen LogP) is 2.39. The third kappa shape index (κ3) is 4.18. The molecule has 1 aromatic heterocycles. The third-order valence-electron chi connectivity index (χ3n) is 2.34. The van der Waals surface area contributed by atoms with Gasteiger partial charge in [-0.25, -0.2) is 13.1 Å². The molecular weight excluding hydrogens is 348 g/mol. The highest BCUT2D eigenvalue weighted by Gasteiger charge is 2.19. The molecule has 1 heterocycles. The van der Waals surface area contributed by atoms with Gasteiger partial charge < -0.3 is 4.90 Å². The van der Waals surface area contributed by atoms with Crippen LogP contribution in [0.1, 0.15) is 6.92 Å². The van der Waals surface area contributed by atoms with Crippen molar-refractivity contribution < 1.29 is 8.42 Å². The summed E-state index contributed by atoms with van der Waals surface area (Å²) in [5, 5.41) is 0.413. The molecule has 0 aliphatic carbocycles. The zero-order valence-corrected chi connectivity index (χ0v) is 13.7. The van der Waals surface area contributed by atoms with Gasteiger partial charge in [0.1, 0.15) is 4.21 Å². The van der Waals surface area contributed by atoms with Gasteiger partial charge in [-0.1, -0.05) is 11.6 Å². The Morgan fingerprint density at radius 2 is 2.18 bits per heavy atom. The molecule has 1 unspecified atom stereocenters.